The highest BCUT2D eigenvalue weighted by Gasteiger charge is 2.38. The van der Waals surface area contributed by atoms with Gasteiger partial charge < -0.3 is 34.6 Å². The molecule has 2 aromatic carbocycles. The zero-order valence-corrected chi connectivity index (χ0v) is 30.3. The van der Waals surface area contributed by atoms with Crippen LogP contribution >= 0.6 is 0 Å². The number of amides is 3. The maximum atomic E-state index is 13.5. The summed E-state index contributed by atoms with van der Waals surface area (Å²) in [6.07, 6.45) is 8.82. The fraction of sp³-hybridized carbons (Fsp3) is 0.475. The number of aromatic amines is 2. The molecule has 0 spiro atoms. The van der Waals surface area contributed by atoms with Crippen LogP contribution < -0.4 is 5.32 Å². The summed E-state index contributed by atoms with van der Waals surface area (Å²) in [6.45, 7) is 7.00. The van der Waals surface area contributed by atoms with E-state index in [4.69, 9.17) is 14.5 Å². The van der Waals surface area contributed by atoms with Gasteiger partial charge in [0.25, 0.3) is 0 Å². The van der Waals surface area contributed by atoms with Crippen LogP contribution in [0.5, 0.6) is 0 Å². The quantitative estimate of drug-likeness (QED) is 0.185. The summed E-state index contributed by atoms with van der Waals surface area (Å²) in [6, 6.07) is 16.0. The molecule has 4 aromatic rings. The average molecular weight is 708 g/mol. The number of carbonyl (C=O) groups is 3. The molecule has 4 atom stereocenters. The molecule has 3 aliphatic rings. The molecule has 12 nitrogen and oxygen atoms in total. The number of hydrogen-bond acceptors (Lipinski definition) is 7. The predicted molar refractivity (Wildman–Crippen MR) is 197 cm³/mol. The fourth-order valence-electron chi connectivity index (χ4n) is 7.97. The van der Waals surface area contributed by atoms with Crippen molar-refractivity contribution in [3.05, 3.63) is 72.6 Å². The van der Waals surface area contributed by atoms with Gasteiger partial charge in [-0.15, -0.1) is 0 Å². The summed E-state index contributed by atoms with van der Waals surface area (Å²) in [5, 5.41) is 2.70. The number of nitrogens with zero attached hydrogens (tertiary/aromatic N) is 4. The van der Waals surface area contributed by atoms with E-state index in [1.54, 1.807) is 0 Å². The van der Waals surface area contributed by atoms with Gasteiger partial charge in [0, 0.05) is 31.5 Å². The lowest BCUT2D eigenvalue weighted by Gasteiger charge is -2.35. The Morgan fingerprint density at radius 1 is 0.788 bits per heavy atom. The van der Waals surface area contributed by atoms with Gasteiger partial charge >= 0.3 is 6.09 Å². The van der Waals surface area contributed by atoms with Crippen molar-refractivity contribution in [3.8, 4) is 33.6 Å². The molecule has 12 heteroatoms. The number of alkyl carbamates (subject to hydrolysis) is 1. The van der Waals surface area contributed by atoms with Gasteiger partial charge in [0.15, 0.2) is 0 Å². The first-order valence-corrected chi connectivity index (χ1v) is 18.6. The van der Waals surface area contributed by atoms with Crippen LogP contribution in [-0.2, 0) is 19.1 Å². The number of ether oxygens (including phenoxy) is 2. The van der Waals surface area contributed by atoms with Crippen molar-refractivity contribution in [1.29, 1.82) is 0 Å². The molecule has 4 heterocycles. The van der Waals surface area contributed by atoms with E-state index in [0.717, 1.165) is 83.8 Å². The highest BCUT2D eigenvalue weighted by atomic mass is 16.5. The number of carbonyl (C=O) groups excluding carboxylic acids is 3. The van der Waals surface area contributed by atoms with Gasteiger partial charge in [-0.2, -0.15) is 0 Å². The number of aromatic nitrogens is 4. The molecule has 3 amide bonds. The molecule has 52 heavy (non-hydrogen) atoms. The maximum Gasteiger partial charge on any atom is 0.407 e. The second kappa shape index (κ2) is 15.7. The van der Waals surface area contributed by atoms with Gasteiger partial charge in [-0.05, 0) is 53.9 Å². The summed E-state index contributed by atoms with van der Waals surface area (Å²) >= 11 is 0. The SMILES string of the molecule is COC(=O)NC(C(=O)N1CCC[C@H]1c1ncc(-c2ccc(-c3ccc(-c4cnc([C@H]5CCCC[C@H]5C(=O)N5CCOCC5)[nH]4)cc3)cc2)[nH]1)C(C)C. The lowest BCUT2D eigenvalue weighted by Crippen LogP contribution is -2.51. The summed E-state index contributed by atoms with van der Waals surface area (Å²) in [5.41, 5.74) is 6.08. The van der Waals surface area contributed by atoms with Crippen molar-refractivity contribution in [2.75, 3.05) is 40.0 Å². The number of imidazole rings is 2. The van der Waals surface area contributed by atoms with E-state index in [0.29, 0.717) is 32.8 Å². The molecular weight excluding hydrogens is 658 g/mol. The molecule has 2 aliphatic heterocycles. The van der Waals surface area contributed by atoms with Gasteiger partial charge in [0.2, 0.25) is 11.8 Å². The second-order valence-corrected chi connectivity index (χ2v) is 14.5. The van der Waals surface area contributed by atoms with Crippen LogP contribution in [0.2, 0.25) is 0 Å². The molecule has 3 N–H and O–H groups in total. The highest BCUT2D eigenvalue weighted by molar-refractivity contribution is 5.86. The topological polar surface area (TPSA) is 146 Å². The summed E-state index contributed by atoms with van der Waals surface area (Å²) < 4.78 is 10.2. The lowest BCUT2D eigenvalue weighted by molar-refractivity contribution is -0.141. The second-order valence-electron chi connectivity index (χ2n) is 14.5. The van der Waals surface area contributed by atoms with Gasteiger partial charge in [-0.1, -0.05) is 75.2 Å². The normalized spacial score (nSPS) is 21.3. The standard InChI is InChI=1S/C40H49N7O5/c1-25(2)35(45-40(50)51-3)39(49)47-18-6-9-34(47)37-42-24-33(44-37)29-16-12-27(13-17-29)26-10-14-28(15-11-26)32-23-41-36(43-32)30-7-4-5-8-31(30)38(48)46-19-21-52-22-20-46/h10-17,23-25,30-31,34-35H,4-9,18-22H2,1-3H3,(H,41,43)(H,42,44)(H,45,50)/t30-,31+,34-,35?/m0/s1. The van der Waals surface area contributed by atoms with Gasteiger partial charge in [0.1, 0.15) is 17.7 Å². The van der Waals surface area contributed by atoms with E-state index >= 15 is 0 Å². The third-order valence-electron chi connectivity index (χ3n) is 10.9. The Kier molecular flexibility index (Phi) is 10.7. The van der Waals surface area contributed by atoms with Crippen LogP contribution in [0, 0.1) is 11.8 Å². The summed E-state index contributed by atoms with van der Waals surface area (Å²) in [5.74, 6) is 1.74. The molecule has 0 bridgehead atoms. The van der Waals surface area contributed by atoms with Crippen molar-refractivity contribution in [3.63, 3.8) is 0 Å². The zero-order valence-electron chi connectivity index (χ0n) is 30.3. The first-order valence-electron chi connectivity index (χ1n) is 18.6. The monoisotopic (exact) mass is 707 g/mol. The van der Waals surface area contributed by atoms with Crippen molar-refractivity contribution in [2.45, 2.75) is 70.4 Å². The van der Waals surface area contributed by atoms with Crippen molar-refractivity contribution < 1.29 is 23.9 Å². The van der Waals surface area contributed by atoms with Gasteiger partial charge in [-0.25, -0.2) is 14.8 Å². The third-order valence-corrected chi connectivity index (χ3v) is 10.9. The Morgan fingerprint density at radius 3 is 1.98 bits per heavy atom. The molecule has 3 fully saturated rings. The van der Waals surface area contributed by atoms with E-state index < -0.39 is 12.1 Å². The van der Waals surface area contributed by atoms with E-state index in [9.17, 15) is 14.4 Å². The van der Waals surface area contributed by atoms with E-state index in [1.165, 1.54) is 7.11 Å². The molecule has 1 aliphatic carbocycles. The number of morpholine rings is 1. The third kappa shape index (κ3) is 7.48. The molecule has 1 saturated carbocycles. The molecule has 2 saturated heterocycles. The van der Waals surface area contributed by atoms with Crippen LogP contribution in [0.4, 0.5) is 4.79 Å². The number of nitrogens with one attached hydrogen (secondary N) is 3. The summed E-state index contributed by atoms with van der Waals surface area (Å²) in [7, 11) is 1.30. The molecule has 1 unspecified atom stereocenters. The lowest BCUT2D eigenvalue weighted by atomic mass is 9.78. The predicted octanol–water partition coefficient (Wildman–Crippen LogP) is 6.31. The number of hydrogen-bond donors (Lipinski definition) is 3. The first kappa shape index (κ1) is 35.4. The fourth-order valence-corrected chi connectivity index (χ4v) is 7.97. The zero-order chi connectivity index (χ0) is 36.2. The van der Waals surface area contributed by atoms with Crippen molar-refractivity contribution >= 4 is 17.9 Å². The minimum absolute atomic E-state index is 0.0366. The molecule has 0 radical (unpaired) electrons. The van der Waals surface area contributed by atoms with Crippen LogP contribution in [0.3, 0.4) is 0 Å². The first-order chi connectivity index (χ1) is 25.3. The number of likely N-dealkylation sites (tertiary alicyclic amines) is 1. The highest BCUT2D eigenvalue weighted by Crippen LogP contribution is 2.39. The number of rotatable bonds is 9. The number of H-pyrrole nitrogens is 2. The number of benzene rings is 2. The molecule has 7 rings (SSSR count). The van der Waals surface area contributed by atoms with Crippen LogP contribution in [0.25, 0.3) is 33.6 Å². The minimum Gasteiger partial charge on any atom is -0.453 e. The molecule has 274 valence electrons. The Hall–Kier alpha value is -4.97. The molecule has 2 aromatic heterocycles. The van der Waals surface area contributed by atoms with Crippen LogP contribution in [0.1, 0.15) is 76.0 Å². The smallest absolute Gasteiger partial charge is 0.407 e. The van der Waals surface area contributed by atoms with Gasteiger partial charge in [0.05, 0.1) is 50.1 Å². The van der Waals surface area contributed by atoms with E-state index in [-0.39, 0.29) is 35.6 Å². The van der Waals surface area contributed by atoms with E-state index in [2.05, 4.69) is 68.8 Å². The van der Waals surface area contributed by atoms with Crippen molar-refractivity contribution in [2.24, 2.45) is 11.8 Å². The van der Waals surface area contributed by atoms with Gasteiger partial charge in [-0.3, -0.25) is 9.59 Å². The minimum atomic E-state index is -0.673. The Morgan fingerprint density at radius 2 is 1.37 bits per heavy atom. The Balaban J connectivity index is 1.00. The Bertz CT molecular complexity index is 1840. The summed E-state index contributed by atoms with van der Waals surface area (Å²) in [4.78, 5) is 59.2. The maximum absolute atomic E-state index is 13.5. The van der Waals surface area contributed by atoms with E-state index in [1.807, 2.05) is 36.0 Å². The average Bonchev–Trinajstić information content (AvgIpc) is 3.99. The number of methoxy groups -OCH3 is 1. The molecular formula is C40H49N7O5. The van der Waals surface area contributed by atoms with Crippen molar-refractivity contribution in [1.82, 2.24) is 35.1 Å². The van der Waals surface area contributed by atoms with Crippen LogP contribution in [0.15, 0.2) is 60.9 Å². The van der Waals surface area contributed by atoms with Crippen LogP contribution in [-0.4, -0.2) is 93.6 Å². The largest absolute Gasteiger partial charge is 0.453 e. The Labute approximate surface area is 304 Å².